The van der Waals surface area contributed by atoms with Gasteiger partial charge in [-0.2, -0.15) is 0 Å². The molecule has 0 aromatic heterocycles. The molecule has 458 valence electrons. The summed E-state index contributed by atoms with van der Waals surface area (Å²) in [6, 6.07) is 0. The van der Waals surface area contributed by atoms with Gasteiger partial charge in [0.05, 0.1) is 0 Å². The highest BCUT2D eigenvalue weighted by molar-refractivity contribution is 5.71. The molecule has 0 N–H and O–H groups in total. The number of hydrogen-bond donors (Lipinski definition) is 0. The Balaban J connectivity index is 4.22. The number of ether oxygens (including phenoxy) is 3. The number of esters is 3. The molecule has 0 aliphatic heterocycles. The number of carbonyl (C=O) groups is 3. The fourth-order valence-corrected chi connectivity index (χ4v) is 10.6. The topological polar surface area (TPSA) is 78.9 Å². The van der Waals surface area contributed by atoms with E-state index in [1.165, 1.54) is 283 Å². The van der Waals surface area contributed by atoms with Crippen LogP contribution < -0.4 is 0 Å². The molecule has 0 bridgehead atoms. The summed E-state index contributed by atoms with van der Waals surface area (Å²) in [5, 5.41) is 0. The zero-order valence-electron chi connectivity index (χ0n) is 52.7. The second-order valence-electron chi connectivity index (χ2n) is 23.8. The van der Waals surface area contributed by atoms with Crippen molar-refractivity contribution in [1.29, 1.82) is 0 Å². The van der Waals surface area contributed by atoms with Crippen LogP contribution in [0.5, 0.6) is 0 Å². The normalized spacial score (nSPS) is 12.2. The van der Waals surface area contributed by atoms with E-state index < -0.39 is 6.10 Å². The lowest BCUT2D eigenvalue weighted by Gasteiger charge is -2.18. The molecule has 0 fully saturated rings. The highest BCUT2D eigenvalue weighted by Crippen LogP contribution is 2.18. The zero-order valence-corrected chi connectivity index (χ0v) is 52.7. The zero-order chi connectivity index (χ0) is 56.4. The summed E-state index contributed by atoms with van der Waals surface area (Å²) in [6.07, 6.45) is 83.1. The Morgan fingerprint density at radius 3 is 0.718 bits per heavy atom. The number of hydrogen-bond acceptors (Lipinski definition) is 6. The minimum Gasteiger partial charge on any atom is -0.462 e. The van der Waals surface area contributed by atoms with Crippen LogP contribution in [0.1, 0.15) is 387 Å². The van der Waals surface area contributed by atoms with E-state index in [2.05, 4.69) is 57.2 Å². The molecule has 6 nitrogen and oxygen atoms in total. The Hall–Kier alpha value is -2.37. The summed E-state index contributed by atoms with van der Waals surface area (Å²) in [7, 11) is 0. The molecule has 0 amide bonds. The van der Waals surface area contributed by atoms with Gasteiger partial charge in [0.15, 0.2) is 6.10 Å². The minimum atomic E-state index is -0.770. The van der Waals surface area contributed by atoms with Gasteiger partial charge in [0.1, 0.15) is 13.2 Å². The van der Waals surface area contributed by atoms with Gasteiger partial charge in [0, 0.05) is 19.3 Å². The maximum absolute atomic E-state index is 12.9. The second kappa shape index (κ2) is 67.1. The Bertz CT molecular complexity index is 1300. The Morgan fingerprint density at radius 1 is 0.256 bits per heavy atom. The van der Waals surface area contributed by atoms with Gasteiger partial charge >= 0.3 is 17.9 Å². The number of unbranched alkanes of at least 4 members (excludes halogenated alkanes) is 48. The van der Waals surface area contributed by atoms with Crippen LogP contribution in [0.2, 0.25) is 0 Å². The summed E-state index contributed by atoms with van der Waals surface area (Å²) in [5.41, 5.74) is 0. The molecule has 0 saturated carbocycles. The molecule has 0 aromatic rings. The third-order valence-electron chi connectivity index (χ3n) is 15.9. The lowest BCUT2D eigenvalue weighted by Crippen LogP contribution is -2.30. The molecule has 0 aliphatic carbocycles. The molecular weight excluding hydrogens is 961 g/mol. The first-order valence-corrected chi connectivity index (χ1v) is 35.0. The summed E-state index contributed by atoms with van der Waals surface area (Å²) >= 11 is 0. The van der Waals surface area contributed by atoms with E-state index in [0.29, 0.717) is 19.3 Å². The van der Waals surface area contributed by atoms with Gasteiger partial charge in [0.2, 0.25) is 0 Å². The molecule has 1 unspecified atom stereocenters. The molecular formula is C72H134O6. The highest BCUT2D eigenvalue weighted by Gasteiger charge is 2.19. The van der Waals surface area contributed by atoms with Gasteiger partial charge in [-0.05, 0) is 77.0 Å². The van der Waals surface area contributed by atoms with Crippen LogP contribution in [0, 0.1) is 0 Å². The molecule has 0 aromatic carbocycles. The summed E-state index contributed by atoms with van der Waals surface area (Å²) in [4.78, 5) is 38.4. The summed E-state index contributed by atoms with van der Waals surface area (Å²) in [6.45, 7) is 6.69. The SMILES string of the molecule is CCCCCCC/C=C\C/C=C\CCCCCCCCCCCCCCCC(=O)OCC(COC(=O)CCCCCCCCCCCCCC)OC(=O)CCCCCCCCCCCCC/C=C\CCCCCCCCCC. The molecule has 0 rings (SSSR count). The predicted molar refractivity (Wildman–Crippen MR) is 339 cm³/mol. The second-order valence-corrected chi connectivity index (χ2v) is 23.8. The highest BCUT2D eigenvalue weighted by atomic mass is 16.6. The van der Waals surface area contributed by atoms with Crippen LogP contribution in [0.25, 0.3) is 0 Å². The van der Waals surface area contributed by atoms with Crippen molar-refractivity contribution < 1.29 is 28.6 Å². The van der Waals surface area contributed by atoms with Crippen LogP contribution in [-0.2, 0) is 28.6 Å². The number of carbonyl (C=O) groups excluding carboxylic acids is 3. The Morgan fingerprint density at radius 2 is 0.462 bits per heavy atom. The molecule has 0 aliphatic rings. The minimum absolute atomic E-state index is 0.0673. The van der Waals surface area contributed by atoms with Crippen molar-refractivity contribution in [1.82, 2.24) is 0 Å². The van der Waals surface area contributed by atoms with E-state index in [1.54, 1.807) is 0 Å². The van der Waals surface area contributed by atoms with Crippen molar-refractivity contribution in [2.45, 2.75) is 393 Å². The quantitative estimate of drug-likeness (QED) is 0.0261. The van der Waals surface area contributed by atoms with Crippen LogP contribution in [0.15, 0.2) is 36.5 Å². The number of allylic oxidation sites excluding steroid dienone is 6. The van der Waals surface area contributed by atoms with Crippen molar-refractivity contribution in [3.8, 4) is 0 Å². The van der Waals surface area contributed by atoms with E-state index in [4.69, 9.17) is 14.2 Å². The molecule has 0 spiro atoms. The van der Waals surface area contributed by atoms with Gasteiger partial charge in [0.25, 0.3) is 0 Å². The smallest absolute Gasteiger partial charge is 0.306 e. The first-order chi connectivity index (χ1) is 38.5. The van der Waals surface area contributed by atoms with Gasteiger partial charge in [-0.25, -0.2) is 0 Å². The third kappa shape index (κ3) is 64.5. The van der Waals surface area contributed by atoms with Gasteiger partial charge < -0.3 is 14.2 Å². The average molecular weight is 1100 g/mol. The fourth-order valence-electron chi connectivity index (χ4n) is 10.6. The van der Waals surface area contributed by atoms with Crippen LogP contribution >= 0.6 is 0 Å². The van der Waals surface area contributed by atoms with Crippen molar-refractivity contribution >= 4 is 17.9 Å². The predicted octanol–water partition coefficient (Wildman–Crippen LogP) is 23.9. The maximum Gasteiger partial charge on any atom is 0.306 e. The largest absolute Gasteiger partial charge is 0.462 e. The average Bonchev–Trinajstić information content (AvgIpc) is 3.44. The summed E-state index contributed by atoms with van der Waals surface area (Å²) < 4.78 is 17.0. The van der Waals surface area contributed by atoms with E-state index in [1.807, 2.05) is 0 Å². The molecule has 0 radical (unpaired) electrons. The van der Waals surface area contributed by atoms with E-state index >= 15 is 0 Å². The molecule has 0 heterocycles. The third-order valence-corrected chi connectivity index (χ3v) is 15.9. The van der Waals surface area contributed by atoms with E-state index in [9.17, 15) is 14.4 Å². The number of rotatable bonds is 65. The molecule has 78 heavy (non-hydrogen) atoms. The first kappa shape index (κ1) is 75.6. The van der Waals surface area contributed by atoms with E-state index in [-0.39, 0.29) is 31.1 Å². The molecule has 1 atom stereocenters. The maximum atomic E-state index is 12.9. The Kier molecular flexibility index (Phi) is 65.1. The monoisotopic (exact) mass is 1100 g/mol. The van der Waals surface area contributed by atoms with Crippen molar-refractivity contribution in [2.75, 3.05) is 13.2 Å². The van der Waals surface area contributed by atoms with Gasteiger partial charge in [-0.3, -0.25) is 14.4 Å². The Labute approximate surface area is 486 Å². The van der Waals surface area contributed by atoms with Crippen molar-refractivity contribution in [3.63, 3.8) is 0 Å². The first-order valence-electron chi connectivity index (χ1n) is 35.0. The van der Waals surface area contributed by atoms with Gasteiger partial charge in [-0.15, -0.1) is 0 Å². The fraction of sp³-hybridized carbons (Fsp3) is 0.875. The van der Waals surface area contributed by atoms with E-state index in [0.717, 1.165) is 64.2 Å². The van der Waals surface area contributed by atoms with Crippen LogP contribution in [-0.4, -0.2) is 37.2 Å². The van der Waals surface area contributed by atoms with Gasteiger partial charge in [-0.1, -0.05) is 327 Å². The molecule has 6 heteroatoms. The van der Waals surface area contributed by atoms with Crippen LogP contribution in [0.3, 0.4) is 0 Å². The standard InChI is InChI=1S/C72H134O6/c1-4-7-10-13-16-19-22-25-27-29-31-33-35-36-38-39-41-43-45-47-50-53-56-59-62-65-71(74)77-68-69(67-76-70(73)64-61-58-55-52-49-24-21-18-15-12-9-6-3)78-72(75)66-63-60-57-54-51-48-46-44-42-40-37-34-32-30-28-26-23-20-17-14-11-8-5-2/h22,25,29-32,69H,4-21,23-24,26-28,33-68H2,1-3H3/b25-22-,31-29-,32-30-. The van der Waals surface area contributed by atoms with Crippen molar-refractivity contribution in [2.24, 2.45) is 0 Å². The lowest BCUT2D eigenvalue weighted by molar-refractivity contribution is -0.167. The summed E-state index contributed by atoms with van der Waals surface area (Å²) in [5.74, 6) is -0.842. The molecule has 0 saturated heterocycles. The van der Waals surface area contributed by atoms with Crippen molar-refractivity contribution in [3.05, 3.63) is 36.5 Å². The van der Waals surface area contributed by atoms with Crippen LogP contribution in [0.4, 0.5) is 0 Å². The lowest BCUT2D eigenvalue weighted by atomic mass is 10.0.